The highest BCUT2D eigenvalue weighted by molar-refractivity contribution is 6.04. The van der Waals surface area contributed by atoms with Crippen LogP contribution in [0.2, 0.25) is 0 Å². The zero-order chi connectivity index (χ0) is 22.5. The monoisotopic (exact) mass is 426 g/mol. The van der Waals surface area contributed by atoms with Crippen molar-refractivity contribution in [1.82, 2.24) is 5.32 Å². The van der Waals surface area contributed by atoms with Gasteiger partial charge in [-0.3, -0.25) is 9.59 Å². The largest absolute Gasteiger partial charge is 0.451 e. The Labute approximate surface area is 187 Å². The van der Waals surface area contributed by atoms with E-state index in [4.69, 9.17) is 4.42 Å². The molecule has 0 aliphatic carbocycles. The molecule has 3 aromatic carbocycles. The van der Waals surface area contributed by atoms with Crippen LogP contribution in [0.25, 0.3) is 22.1 Å². The highest BCUT2D eigenvalue weighted by atomic mass is 16.3. The van der Waals surface area contributed by atoms with Crippen molar-refractivity contribution < 1.29 is 14.0 Å². The lowest BCUT2D eigenvalue weighted by Gasteiger charge is -2.13. The molecule has 5 heteroatoms. The topological polar surface area (TPSA) is 71.3 Å². The Kier molecular flexibility index (Phi) is 6.36. The molecule has 32 heavy (non-hydrogen) atoms. The van der Waals surface area contributed by atoms with Crippen LogP contribution in [-0.2, 0) is 0 Å². The van der Waals surface area contributed by atoms with Gasteiger partial charge in [-0.25, -0.2) is 0 Å². The summed E-state index contributed by atoms with van der Waals surface area (Å²) in [5, 5.41) is 6.78. The second-order valence-corrected chi connectivity index (χ2v) is 7.92. The van der Waals surface area contributed by atoms with E-state index in [0.717, 1.165) is 29.4 Å². The Hall–Kier alpha value is -3.86. The lowest BCUT2D eigenvalue weighted by molar-refractivity contribution is 0.0937. The van der Waals surface area contributed by atoms with E-state index in [2.05, 4.69) is 17.6 Å². The van der Waals surface area contributed by atoms with E-state index < -0.39 is 0 Å². The van der Waals surface area contributed by atoms with E-state index in [1.165, 1.54) is 0 Å². The van der Waals surface area contributed by atoms with Gasteiger partial charge in [-0.1, -0.05) is 55.8 Å². The van der Waals surface area contributed by atoms with Crippen molar-refractivity contribution in [2.24, 2.45) is 0 Å². The smallest absolute Gasteiger partial charge is 0.291 e. The number of furan rings is 1. The predicted molar refractivity (Wildman–Crippen MR) is 128 cm³/mol. The zero-order valence-corrected chi connectivity index (χ0v) is 18.2. The number of amides is 2. The van der Waals surface area contributed by atoms with Gasteiger partial charge in [0, 0.05) is 22.7 Å². The summed E-state index contributed by atoms with van der Waals surface area (Å²) in [5.41, 5.74) is 4.01. The summed E-state index contributed by atoms with van der Waals surface area (Å²) in [6, 6.07) is 24.5. The molecule has 0 spiro atoms. The van der Waals surface area contributed by atoms with Crippen molar-refractivity contribution in [2.45, 2.75) is 32.7 Å². The third-order valence-electron chi connectivity index (χ3n) is 5.37. The first kappa shape index (κ1) is 21.4. The van der Waals surface area contributed by atoms with Crippen molar-refractivity contribution in [3.8, 4) is 11.1 Å². The van der Waals surface area contributed by atoms with Crippen LogP contribution < -0.4 is 10.6 Å². The predicted octanol–water partition coefficient (Wildman–Crippen LogP) is 6.27. The summed E-state index contributed by atoms with van der Waals surface area (Å²) in [5.74, 6) is -0.0693. The molecule has 1 heterocycles. The normalized spacial score (nSPS) is 11.8. The Morgan fingerprint density at radius 1 is 0.875 bits per heavy atom. The van der Waals surface area contributed by atoms with Gasteiger partial charge in [0.1, 0.15) is 5.58 Å². The summed E-state index contributed by atoms with van der Waals surface area (Å²) in [6.07, 6.45) is 2.00. The molecule has 1 atom stereocenters. The first-order valence-corrected chi connectivity index (χ1v) is 10.8. The molecule has 162 valence electrons. The highest BCUT2D eigenvalue weighted by Crippen LogP contribution is 2.23. The minimum absolute atomic E-state index is 0.0545. The van der Waals surface area contributed by atoms with Crippen molar-refractivity contribution >= 4 is 28.5 Å². The van der Waals surface area contributed by atoms with Crippen LogP contribution in [-0.4, -0.2) is 17.9 Å². The third kappa shape index (κ3) is 4.89. The maximum absolute atomic E-state index is 12.5. The van der Waals surface area contributed by atoms with Gasteiger partial charge in [0.25, 0.3) is 11.8 Å². The van der Waals surface area contributed by atoms with Gasteiger partial charge in [-0.05, 0) is 60.9 Å². The molecule has 1 unspecified atom stereocenters. The van der Waals surface area contributed by atoms with Gasteiger partial charge in [-0.15, -0.1) is 0 Å². The highest BCUT2D eigenvalue weighted by Gasteiger charge is 2.13. The molecule has 0 saturated heterocycles. The molecule has 4 aromatic rings. The number of benzene rings is 3. The summed E-state index contributed by atoms with van der Waals surface area (Å²) in [4.78, 5) is 24.9. The van der Waals surface area contributed by atoms with E-state index in [-0.39, 0.29) is 23.6 Å². The van der Waals surface area contributed by atoms with E-state index >= 15 is 0 Å². The number of rotatable bonds is 7. The Bertz CT molecular complexity index is 1190. The molecule has 2 amide bonds. The van der Waals surface area contributed by atoms with Crippen LogP contribution in [0.4, 0.5) is 5.69 Å². The van der Waals surface area contributed by atoms with E-state index in [1.807, 2.05) is 79.7 Å². The Morgan fingerprint density at radius 3 is 2.19 bits per heavy atom. The van der Waals surface area contributed by atoms with Gasteiger partial charge >= 0.3 is 0 Å². The number of nitrogens with one attached hydrogen (secondary N) is 2. The van der Waals surface area contributed by atoms with Crippen LogP contribution in [0, 0.1) is 0 Å². The number of carbonyl (C=O) groups excluding carboxylic acids is 2. The van der Waals surface area contributed by atoms with Gasteiger partial charge in [-0.2, -0.15) is 0 Å². The molecule has 4 rings (SSSR count). The maximum atomic E-state index is 12.5. The van der Waals surface area contributed by atoms with Crippen LogP contribution in [0.5, 0.6) is 0 Å². The van der Waals surface area contributed by atoms with Crippen LogP contribution in [0.3, 0.4) is 0 Å². The number of carbonyl (C=O) groups is 2. The van der Waals surface area contributed by atoms with Crippen molar-refractivity contribution in [3.63, 3.8) is 0 Å². The summed E-state index contributed by atoms with van der Waals surface area (Å²) < 4.78 is 5.62. The molecule has 0 bridgehead atoms. The lowest BCUT2D eigenvalue weighted by Crippen LogP contribution is -2.32. The first-order valence-electron chi connectivity index (χ1n) is 10.8. The second kappa shape index (κ2) is 9.52. The summed E-state index contributed by atoms with van der Waals surface area (Å²) >= 11 is 0. The van der Waals surface area contributed by atoms with Crippen LogP contribution in [0.1, 0.15) is 47.6 Å². The number of para-hydroxylation sites is 1. The number of fused-ring (bicyclic) bond motifs is 1. The molecular formula is C27H26N2O3. The van der Waals surface area contributed by atoms with E-state index in [1.54, 1.807) is 6.07 Å². The minimum atomic E-state index is -0.290. The number of anilines is 1. The molecule has 0 saturated carbocycles. The molecule has 0 radical (unpaired) electrons. The number of hydrogen-bond donors (Lipinski definition) is 2. The van der Waals surface area contributed by atoms with Crippen LogP contribution >= 0.6 is 0 Å². The molecule has 5 nitrogen and oxygen atoms in total. The maximum Gasteiger partial charge on any atom is 0.291 e. The standard InChI is InChI=1S/C27H26N2O3/c1-3-6-18(2)28-26(30)21-11-9-19(10-12-21)20-13-15-23(16-14-20)29-27(31)25-17-22-7-4-5-8-24(22)32-25/h4-5,7-18H,3,6H2,1-2H3,(H,28,30)(H,29,31). The van der Waals surface area contributed by atoms with Crippen molar-refractivity contribution in [3.05, 3.63) is 90.2 Å². The van der Waals surface area contributed by atoms with Crippen molar-refractivity contribution in [1.29, 1.82) is 0 Å². The SMILES string of the molecule is CCCC(C)NC(=O)c1ccc(-c2ccc(NC(=O)c3cc4ccccc4o3)cc2)cc1. The number of hydrogen-bond acceptors (Lipinski definition) is 3. The summed E-state index contributed by atoms with van der Waals surface area (Å²) in [6.45, 7) is 4.12. The van der Waals surface area contributed by atoms with E-state index in [0.29, 0.717) is 16.8 Å². The molecular weight excluding hydrogens is 400 g/mol. The molecule has 1 aromatic heterocycles. The van der Waals surface area contributed by atoms with Gasteiger partial charge < -0.3 is 15.1 Å². The third-order valence-corrected chi connectivity index (χ3v) is 5.37. The Morgan fingerprint density at radius 2 is 1.53 bits per heavy atom. The second-order valence-electron chi connectivity index (χ2n) is 7.92. The van der Waals surface area contributed by atoms with Gasteiger partial charge in [0.05, 0.1) is 0 Å². The summed E-state index contributed by atoms with van der Waals surface area (Å²) in [7, 11) is 0. The molecule has 0 fully saturated rings. The molecule has 0 aliphatic heterocycles. The van der Waals surface area contributed by atoms with Crippen LogP contribution in [0.15, 0.2) is 83.3 Å². The van der Waals surface area contributed by atoms with Gasteiger partial charge in [0.2, 0.25) is 0 Å². The fourth-order valence-corrected chi connectivity index (χ4v) is 3.66. The fraction of sp³-hybridized carbons (Fsp3) is 0.185. The average molecular weight is 427 g/mol. The zero-order valence-electron chi connectivity index (χ0n) is 18.2. The van der Waals surface area contributed by atoms with Gasteiger partial charge in [0.15, 0.2) is 5.76 Å². The van der Waals surface area contributed by atoms with Crippen molar-refractivity contribution in [2.75, 3.05) is 5.32 Å². The first-order chi connectivity index (χ1) is 15.5. The molecule has 2 N–H and O–H groups in total. The minimum Gasteiger partial charge on any atom is -0.451 e. The van der Waals surface area contributed by atoms with E-state index in [9.17, 15) is 9.59 Å². The molecule has 0 aliphatic rings. The lowest BCUT2D eigenvalue weighted by atomic mass is 10.0. The average Bonchev–Trinajstić information content (AvgIpc) is 3.24. The Balaban J connectivity index is 1.40. The quantitative estimate of drug-likeness (QED) is 0.366. The fourth-order valence-electron chi connectivity index (χ4n) is 3.66.